The van der Waals surface area contributed by atoms with E-state index in [1.165, 1.54) is 0 Å². The van der Waals surface area contributed by atoms with Gasteiger partial charge < -0.3 is 19.7 Å². The predicted molar refractivity (Wildman–Crippen MR) is 155 cm³/mol. The van der Waals surface area contributed by atoms with Crippen molar-refractivity contribution >= 4 is 23.5 Å². The van der Waals surface area contributed by atoms with Gasteiger partial charge in [-0.25, -0.2) is 9.78 Å². The molecule has 0 saturated heterocycles. The van der Waals surface area contributed by atoms with E-state index in [0.29, 0.717) is 29.4 Å². The molecule has 1 aromatic heterocycles. The molecule has 1 amide bonds. The Morgan fingerprint density at radius 1 is 0.975 bits per heavy atom. The molecule has 0 aliphatic carbocycles. The molecule has 8 heteroatoms. The minimum absolute atomic E-state index is 0.122. The molecule has 0 aliphatic heterocycles. The van der Waals surface area contributed by atoms with E-state index in [0.717, 1.165) is 41.8 Å². The first-order valence-electron chi connectivity index (χ1n) is 13.5. The summed E-state index contributed by atoms with van der Waals surface area (Å²) in [7, 11) is 0. The summed E-state index contributed by atoms with van der Waals surface area (Å²) in [5.74, 6) is -0.0787. The first-order valence-corrected chi connectivity index (χ1v) is 13.8. The maximum Gasteiger partial charge on any atom is 0.329 e. The number of nitrogens with one attached hydrogen (secondary N) is 1. The Morgan fingerprint density at radius 2 is 1.65 bits per heavy atom. The Balaban J connectivity index is 1.51. The Kier molecular flexibility index (Phi) is 10.5. The van der Waals surface area contributed by atoms with Crippen molar-refractivity contribution in [1.29, 1.82) is 0 Å². The first kappa shape index (κ1) is 29.1. The minimum Gasteiger partial charge on any atom is -0.459 e. The maximum absolute atomic E-state index is 13.4. The van der Waals surface area contributed by atoms with Crippen LogP contribution in [0.15, 0.2) is 84.9 Å². The molecule has 0 saturated carbocycles. The molecule has 208 valence electrons. The molecule has 0 aliphatic rings. The molecule has 1 atom stereocenters. The lowest BCUT2D eigenvalue weighted by Gasteiger charge is -2.18. The standard InChI is InChI=1S/C32H34ClN3O4/c1-2-3-17-29-35-30(33)28(21-37)36(29)20-25-15-10-16-26(18-25)31(38)34-27(19-23-11-6-4-7-12-23)32(39)40-22-24-13-8-5-9-14-24/h4-16,18,27,37H,2-3,17,19-22H2,1H3,(H,34,38)/t27-/m1/s1. The van der Waals surface area contributed by atoms with Crippen LogP contribution in [0.25, 0.3) is 0 Å². The summed E-state index contributed by atoms with van der Waals surface area (Å²) in [5, 5.41) is 13.1. The minimum atomic E-state index is -0.864. The van der Waals surface area contributed by atoms with Crippen molar-refractivity contribution in [3.63, 3.8) is 0 Å². The Labute approximate surface area is 239 Å². The van der Waals surface area contributed by atoms with Crippen LogP contribution in [0.4, 0.5) is 0 Å². The van der Waals surface area contributed by atoms with Crippen LogP contribution in [0.1, 0.15) is 58.3 Å². The largest absolute Gasteiger partial charge is 0.459 e. The number of carbonyl (C=O) groups is 2. The number of aliphatic hydroxyl groups is 1. The highest BCUT2D eigenvalue weighted by atomic mass is 35.5. The molecule has 0 radical (unpaired) electrons. The topological polar surface area (TPSA) is 93.5 Å². The molecule has 4 rings (SSSR count). The van der Waals surface area contributed by atoms with E-state index >= 15 is 0 Å². The van der Waals surface area contributed by atoms with Crippen molar-refractivity contribution in [3.8, 4) is 0 Å². The van der Waals surface area contributed by atoms with Gasteiger partial charge >= 0.3 is 5.97 Å². The van der Waals surface area contributed by atoms with Crippen molar-refractivity contribution in [1.82, 2.24) is 14.9 Å². The quantitative estimate of drug-likeness (QED) is 0.211. The fourth-order valence-corrected chi connectivity index (χ4v) is 4.74. The number of aryl methyl sites for hydroxylation is 1. The van der Waals surface area contributed by atoms with Crippen LogP contribution in [0, 0.1) is 0 Å². The summed E-state index contributed by atoms with van der Waals surface area (Å²) in [4.78, 5) is 30.9. The Morgan fingerprint density at radius 3 is 2.33 bits per heavy atom. The third kappa shape index (κ3) is 7.81. The van der Waals surface area contributed by atoms with Gasteiger partial charge in [0, 0.05) is 24.9 Å². The van der Waals surface area contributed by atoms with E-state index in [4.69, 9.17) is 16.3 Å². The molecule has 4 aromatic rings. The lowest BCUT2D eigenvalue weighted by Crippen LogP contribution is -2.43. The number of imidazole rings is 1. The van der Waals surface area contributed by atoms with Crippen LogP contribution in [0.2, 0.25) is 5.15 Å². The van der Waals surface area contributed by atoms with Gasteiger partial charge in [-0.3, -0.25) is 4.79 Å². The molecule has 3 aromatic carbocycles. The molecule has 1 heterocycles. The highest BCUT2D eigenvalue weighted by Gasteiger charge is 2.24. The van der Waals surface area contributed by atoms with Gasteiger partial charge in [0.05, 0.1) is 12.3 Å². The fourth-order valence-electron chi connectivity index (χ4n) is 4.48. The van der Waals surface area contributed by atoms with Crippen LogP contribution in [0.3, 0.4) is 0 Å². The molecule has 2 N–H and O–H groups in total. The smallest absolute Gasteiger partial charge is 0.329 e. The van der Waals surface area contributed by atoms with Crippen LogP contribution in [-0.2, 0) is 42.1 Å². The number of esters is 1. The van der Waals surface area contributed by atoms with Crippen LogP contribution in [-0.4, -0.2) is 32.6 Å². The van der Waals surface area contributed by atoms with Crippen LogP contribution >= 0.6 is 11.6 Å². The van der Waals surface area contributed by atoms with Gasteiger partial charge in [-0.05, 0) is 35.2 Å². The van der Waals surface area contributed by atoms with E-state index in [1.807, 2.05) is 71.3 Å². The van der Waals surface area contributed by atoms with Crippen molar-refractivity contribution in [2.45, 2.75) is 58.4 Å². The van der Waals surface area contributed by atoms with Gasteiger partial charge in [0.2, 0.25) is 0 Å². The average Bonchev–Trinajstić information content (AvgIpc) is 3.28. The summed E-state index contributed by atoms with van der Waals surface area (Å²) in [6.45, 7) is 2.40. The van der Waals surface area contributed by atoms with E-state index in [2.05, 4.69) is 17.2 Å². The van der Waals surface area contributed by atoms with Gasteiger partial charge in [0.15, 0.2) is 5.15 Å². The van der Waals surface area contributed by atoms with Crippen molar-refractivity contribution in [2.24, 2.45) is 0 Å². The number of ether oxygens (including phenoxy) is 1. The van der Waals surface area contributed by atoms with E-state index in [-0.39, 0.29) is 19.1 Å². The van der Waals surface area contributed by atoms with E-state index < -0.39 is 12.0 Å². The normalized spacial score (nSPS) is 11.7. The number of aromatic nitrogens is 2. The number of hydrogen-bond donors (Lipinski definition) is 2. The van der Waals surface area contributed by atoms with Gasteiger partial charge in [0.1, 0.15) is 18.5 Å². The summed E-state index contributed by atoms with van der Waals surface area (Å²) >= 11 is 6.30. The second-order valence-electron chi connectivity index (χ2n) is 9.62. The summed E-state index contributed by atoms with van der Waals surface area (Å²) in [6.07, 6.45) is 2.99. The molecular weight excluding hydrogens is 526 g/mol. The predicted octanol–water partition coefficient (Wildman–Crippen LogP) is 5.50. The average molecular weight is 560 g/mol. The molecule has 40 heavy (non-hydrogen) atoms. The van der Waals surface area contributed by atoms with Crippen LogP contribution in [0.5, 0.6) is 0 Å². The van der Waals surface area contributed by atoms with Crippen molar-refractivity contribution in [3.05, 3.63) is 124 Å². The number of carbonyl (C=O) groups excluding carboxylic acids is 2. The van der Waals surface area contributed by atoms with Gasteiger partial charge in [-0.1, -0.05) is 97.7 Å². The number of hydrogen-bond acceptors (Lipinski definition) is 5. The fraction of sp³-hybridized carbons (Fsp3) is 0.281. The summed E-state index contributed by atoms with van der Waals surface area (Å²) in [6, 6.07) is 25.3. The molecule has 0 fully saturated rings. The Hall–Kier alpha value is -3.94. The summed E-state index contributed by atoms with van der Waals surface area (Å²) in [5.41, 5.74) is 3.59. The molecule has 0 spiro atoms. The lowest BCUT2D eigenvalue weighted by atomic mass is 10.0. The zero-order valence-corrected chi connectivity index (χ0v) is 23.3. The Bertz CT molecular complexity index is 1410. The lowest BCUT2D eigenvalue weighted by molar-refractivity contribution is -0.147. The van der Waals surface area contributed by atoms with E-state index in [1.54, 1.807) is 18.2 Å². The first-order chi connectivity index (χ1) is 19.5. The maximum atomic E-state index is 13.4. The number of benzene rings is 3. The third-order valence-corrected chi connectivity index (χ3v) is 6.94. The SMILES string of the molecule is CCCCc1nc(Cl)c(CO)n1Cc1cccc(C(=O)N[C@H](Cc2ccccc2)C(=O)OCc2ccccc2)c1. The summed E-state index contributed by atoms with van der Waals surface area (Å²) < 4.78 is 7.49. The second-order valence-corrected chi connectivity index (χ2v) is 9.98. The van der Waals surface area contributed by atoms with Crippen LogP contribution < -0.4 is 5.32 Å². The number of halogens is 1. The molecule has 7 nitrogen and oxygen atoms in total. The molecule has 0 unspecified atom stereocenters. The zero-order valence-electron chi connectivity index (χ0n) is 22.6. The number of nitrogens with zero attached hydrogens (tertiary/aromatic N) is 2. The van der Waals surface area contributed by atoms with Crippen molar-refractivity contribution in [2.75, 3.05) is 0 Å². The van der Waals surface area contributed by atoms with Gasteiger partial charge in [0.25, 0.3) is 5.91 Å². The van der Waals surface area contributed by atoms with Crippen molar-refractivity contribution < 1.29 is 19.4 Å². The third-order valence-electron chi connectivity index (χ3n) is 6.63. The highest BCUT2D eigenvalue weighted by Crippen LogP contribution is 2.21. The monoisotopic (exact) mass is 559 g/mol. The molecule has 0 bridgehead atoms. The highest BCUT2D eigenvalue weighted by molar-refractivity contribution is 6.30. The number of amides is 1. The van der Waals surface area contributed by atoms with Gasteiger partial charge in [-0.15, -0.1) is 0 Å². The number of unbranched alkanes of at least 4 members (excludes halogenated alkanes) is 1. The van der Waals surface area contributed by atoms with Gasteiger partial charge in [-0.2, -0.15) is 0 Å². The second kappa shape index (κ2) is 14.4. The zero-order chi connectivity index (χ0) is 28.3. The van der Waals surface area contributed by atoms with E-state index in [9.17, 15) is 14.7 Å². The number of rotatable bonds is 13. The molecular formula is C32H34ClN3O4. The number of aliphatic hydroxyl groups excluding tert-OH is 1.